The van der Waals surface area contributed by atoms with Crippen molar-refractivity contribution in [1.82, 2.24) is 19.1 Å². The third kappa shape index (κ3) is 7.89. The Labute approximate surface area is 203 Å². The summed E-state index contributed by atoms with van der Waals surface area (Å²) in [6.45, 7) is 4.33. The van der Waals surface area contributed by atoms with Crippen molar-refractivity contribution in [3.05, 3.63) is 97.4 Å². The molecule has 11 heteroatoms. The first kappa shape index (κ1) is 25.8. The molecule has 0 unspecified atom stereocenters. The van der Waals surface area contributed by atoms with E-state index in [0.29, 0.717) is 29.0 Å². The number of alkyl halides is 1. The van der Waals surface area contributed by atoms with Gasteiger partial charge in [0.25, 0.3) is 0 Å². The van der Waals surface area contributed by atoms with Gasteiger partial charge in [0.1, 0.15) is 17.8 Å². The van der Waals surface area contributed by atoms with Crippen LogP contribution in [0.4, 0.5) is 0 Å². The van der Waals surface area contributed by atoms with Gasteiger partial charge in [0.2, 0.25) is 11.6 Å². The minimum absolute atomic E-state index is 0.0278. The van der Waals surface area contributed by atoms with E-state index in [4.69, 9.17) is 19.4 Å². The summed E-state index contributed by atoms with van der Waals surface area (Å²) in [7, 11) is 0. The molecular weight excluding hydrogens is 504 g/mol. The lowest BCUT2D eigenvalue weighted by atomic mass is 10.3. The van der Waals surface area contributed by atoms with Crippen molar-refractivity contribution in [3.8, 4) is 12.1 Å². The van der Waals surface area contributed by atoms with Gasteiger partial charge in [-0.05, 0) is 24.3 Å². The summed E-state index contributed by atoms with van der Waals surface area (Å²) in [4.78, 5) is 29.9. The number of aromatic nitrogens is 4. The molecule has 4 aromatic heterocycles. The number of nitrogens with zero attached hydrogens (tertiary/aromatic N) is 6. The van der Waals surface area contributed by atoms with Gasteiger partial charge in [0.15, 0.2) is 17.2 Å². The summed E-state index contributed by atoms with van der Waals surface area (Å²) in [5.74, 6) is 0.481. The Morgan fingerprint density at radius 3 is 2.26 bits per heavy atom. The smallest absolute Gasteiger partial charge is 0.217 e. The number of carbonyl (C=O) groups excluding carboxylic acids is 2. The highest BCUT2D eigenvalue weighted by Gasteiger charge is 2.11. The number of hydrogen-bond donors (Lipinski definition) is 0. The van der Waals surface area contributed by atoms with E-state index in [1.807, 2.05) is 12.1 Å². The molecule has 0 atom stereocenters. The van der Waals surface area contributed by atoms with E-state index in [0.717, 1.165) is 0 Å². The Hall–Kier alpha value is -4.48. The number of Topliss-reactive ketones (excluding diaryl/α,β-unsaturated/α-hetero) is 2. The average Bonchev–Trinajstić information content (AvgIpc) is 3.66. The highest BCUT2D eigenvalue weighted by Crippen LogP contribution is 2.05. The van der Waals surface area contributed by atoms with Crippen LogP contribution in [0, 0.1) is 22.7 Å². The molecule has 0 spiro atoms. The van der Waals surface area contributed by atoms with Gasteiger partial charge in [0, 0.05) is 12.7 Å². The molecule has 4 rings (SSSR count). The second-order valence-corrected chi connectivity index (χ2v) is 6.87. The molecule has 172 valence electrons. The van der Waals surface area contributed by atoms with E-state index in [2.05, 4.69) is 32.5 Å². The van der Waals surface area contributed by atoms with Crippen molar-refractivity contribution in [2.24, 2.45) is 0 Å². The van der Waals surface area contributed by atoms with Crippen LogP contribution in [-0.4, -0.2) is 36.0 Å². The van der Waals surface area contributed by atoms with Crippen LogP contribution in [0.25, 0.3) is 0 Å². The number of halogens is 1. The van der Waals surface area contributed by atoms with Crippen LogP contribution in [0.5, 0.6) is 0 Å². The van der Waals surface area contributed by atoms with E-state index in [1.165, 1.54) is 29.6 Å². The summed E-state index contributed by atoms with van der Waals surface area (Å²) >= 11 is 3.03. The summed E-state index contributed by atoms with van der Waals surface area (Å²) in [6, 6.07) is 10.4. The third-order valence-electron chi connectivity index (χ3n) is 3.94. The second kappa shape index (κ2) is 13.8. The Balaban J connectivity index is 0.000000189. The van der Waals surface area contributed by atoms with E-state index in [1.54, 1.807) is 47.4 Å². The van der Waals surface area contributed by atoms with Crippen LogP contribution >= 0.6 is 15.9 Å². The van der Waals surface area contributed by atoms with E-state index in [-0.39, 0.29) is 23.9 Å². The van der Waals surface area contributed by atoms with Crippen molar-refractivity contribution in [3.63, 3.8) is 0 Å². The van der Waals surface area contributed by atoms with Crippen LogP contribution in [-0.2, 0) is 13.1 Å². The Morgan fingerprint density at radius 2 is 1.76 bits per heavy atom. The van der Waals surface area contributed by atoms with Gasteiger partial charge in [-0.1, -0.05) is 22.0 Å². The zero-order chi connectivity index (χ0) is 24.8. The monoisotopic (exact) mass is 522 g/mol. The average molecular weight is 523 g/mol. The van der Waals surface area contributed by atoms with Gasteiger partial charge in [-0.3, -0.25) is 9.59 Å². The standard InChI is InChI=1S/C10H7N3O2.C7H7N3.C6H5BrO2/c11-4-8-5-12-7-13(8)6-9(14)10-2-1-3-15-10;1-2-3-10-5-7(4-8)9-6-10;7-4-5(8)6-2-1-3-9-6/h1-3,5,7H,6H2;2,5-6H,1,3H2;1-3H,4H2. The zero-order valence-electron chi connectivity index (χ0n) is 17.9. The quantitative estimate of drug-likeness (QED) is 0.201. The number of imidazole rings is 2. The van der Waals surface area contributed by atoms with Gasteiger partial charge < -0.3 is 18.0 Å². The Morgan fingerprint density at radius 1 is 1.09 bits per heavy atom. The predicted molar refractivity (Wildman–Crippen MR) is 124 cm³/mol. The molecule has 0 aliphatic heterocycles. The van der Waals surface area contributed by atoms with Gasteiger partial charge in [0.05, 0.1) is 43.3 Å². The first-order valence-corrected chi connectivity index (χ1v) is 10.8. The molecule has 0 aliphatic carbocycles. The minimum Gasteiger partial charge on any atom is -0.461 e. The zero-order valence-corrected chi connectivity index (χ0v) is 19.5. The molecule has 0 saturated carbocycles. The normalized spacial score (nSPS) is 9.38. The minimum atomic E-state index is -0.186. The fourth-order valence-corrected chi connectivity index (χ4v) is 2.66. The van der Waals surface area contributed by atoms with Gasteiger partial charge >= 0.3 is 0 Å². The first-order chi connectivity index (χ1) is 16.5. The van der Waals surface area contributed by atoms with Crippen LogP contribution in [0.15, 0.2) is 83.3 Å². The van der Waals surface area contributed by atoms with Crippen molar-refractivity contribution < 1.29 is 18.4 Å². The lowest BCUT2D eigenvalue weighted by Crippen LogP contribution is -2.10. The van der Waals surface area contributed by atoms with Crippen molar-refractivity contribution >= 4 is 27.5 Å². The van der Waals surface area contributed by atoms with Crippen LogP contribution in [0.3, 0.4) is 0 Å². The molecule has 10 nitrogen and oxygen atoms in total. The second-order valence-electron chi connectivity index (χ2n) is 6.31. The van der Waals surface area contributed by atoms with Gasteiger partial charge in [-0.2, -0.15) is 10.5 Å². The van der Waals surface area contributed by atoms with E-state index in [9.17, 15) is 9.59 Å². The Kier molecular flexibility index (Phi) is 10.5. The fraction of sp³-hybridized carbons (Fsp3) is 0.130. The molecule has 0 aromatic carbocycles. The lowest BCUT2D eigenvalue weighted by Gasteiger charge is -1.99. The maximum atomic E-state index is 11.6. The van der Waals surface area contributed by atoms with Gasteiger partial charge in [-0.15, -0.1) is 6.58 Å². The third-order valence-corrected chi connectivity index (χ3v) is 4.45. The SMILES string of the molecule is C=CCn1cnc(C#N)c1.N#Cc1cncn1CC(=O)c1ccco1.O=C(CBr)c1ccco1. The summed E-state index contributed by atoms with van der Waals surface area (Å²) in [6.07, 6.45) is 10.8. The molecule has 34 heavy (non-hydrogen) atoms. The van der Waals surface area contributed by atoms with Crippen molar-refractivity contribution in [2.75, 3.05) is 5.33 Å². The molecule has 0 fully saturated rings. The maximum Gasteiger partial charge on any atom is 0.217 e. The topological polar surface area (TPSA) is 144 Å². The van der Waals surface area contributed by atoms with Gasteiger partial charge in [-0.25, -0.2) is 9.97 Å². The lowest BCUT2D eigenvalue weighted by molar-refractivity contribution is 0.0943. The number of ketones is 2. The summed E-state index contributed by atoms with van der Waals surface area (Å²) < 4.78 is 13.0. The highest BCUT2D eigenvalue weighted by molar-refractivity contribution is 9.09. The highest BCUT2D eigenvalue weighted by atomic mass is 79.9. The molecule has 0 amide bonds. The molecule has 0 aliphatic rings. The molecular formula is C23H19BrN6O4. The van der Waals surface area contributed by atoms with Crippen LogP contribution < -0.4 is 0 Å². The number of hydrogen-bond acceptors (Lipinski definition) is 8. The first-order valence-electron chi connectivity index (χ1n) is 9.64. The molecule has 4 heterocycles. The Bertz CT molecular complexity index is 1270. The molecule has 0 saturated heterocycles. The molecule has 0 N–H and O–H groups in total. The largest absolute Gasteiger partial charge is 0.461 e. The van der Waals surface area contributed by atoms with Crippen molar-refractivity contribution in [2.45, 2.75) is 13.1 Å². The summed E-state index contributed by atoms with van der Waals surface area (Å²) in [5, 5.41) is 17.4. The number of allylic oxidation sites excluding steroid dienone is 1. The van der Waals surface area contributed by atoms with E-state index >= 15 is 0 Å². The number of furan rings is 2. The summed E-state index contributed by atoms with van der Waals surface area (Å²) in [5.41, 5.74) is 0.803. The number of nitriles is 2. The predicted octanol–water partition coefficient (Wildman–Crippen LogP) is 4.03. The van der Waals surface area contributed by atoms with Crippen LogP contribution in [0.1, 0.15) is 32.5 Å². The molecule has 0 radical (unpaired) electrons. The molecule has 0 bridgehead atoms. The van der Waals surface area contributed by atoms with E-state index < -0.39 is 0 Å². The van der Waals surface area contributed by atoms with Crippen LogP contribution in [0.2, 0.25) is 0 Å². The molecule has 4 aromatic rings. The number of rotatable bonds is 7. The number of carbonyl (C=O) groups is 2. The maximum absolute atomic E-state index is 11.6. The fourth-order valence-electron chi connectivity index (χ4n) is 2.38. The van der Waals surface area contributed by atoms with Crippen molar-refractivity contribution in [1.29, 1.82) is 10.5 Å².